The quantitative estimate of drug-likeness (QED) is 0.855. The molecule has 0 radical (unpaired) electrons. The fraction of sp³-hybridized carbons (Fsp3) is 0.600. The highest BCUT2D eigenvalue weighted by molar-refractivity contribution is 5.90. The number of aromatic nitrogens is 5. The monoisotopic (exact) mass is 319 g/mol. The van der Waals surface area contributed by atoms with Crippen LogP contribution in [0.3, 0.4) is 0 Å². The molecular weight excluding hydrogens is 294 g/mol. The minimum atomic E-state index is -0.273. The molecule has 1 atom stereocenters. The molecule has 0 aliphatic rings. The molecule has 2 aromatic heterocycles. The highest BCUT2D eigenvalue weighted by atomic mass is 16.2. The minimum absolute atomic E-state index is 0.231. The summed E-state index contributed by atoms with van der Waals surface area (Å²) in [5.41, 5.74) is 2.51. The fourth-order valence-corrected chi connectivity index (χ4v) is 2.59. The molecule has 0 unspecified atom stereocenters. The molecule has 2 amide bonds. The summed E-state index contributed by atoms with van der Waals surface area (Å²) in [5, 5.41) is 14.4. The third-order valence-electron chi connectivity index (χ3n) is 3.74. The third-order valence-corrected chi connectivity index (χ3v) is 3.74. The molecule has 0 fully saturated rings. The molecular formula is C15H25N7O. The molecule has 0 bridgehead atoms. The molecule has 0 saturated heterocycles. The highest BCUT2D eigenvalue weighted by Crippen LogP contribution is 2.19. The molecule has 8 nitrogen and oxygen atoms in total. The number of nitrogens with one attached hydrogen (secondary N) is 2. The van der Waals surface area contributed by atoms with Crippen LogP contribution in [0.1, 0.15) is 50.4 Å². The standard InChI is InChI=1S/C15H25N7O/c1-6-8-22-14(16-9-17-22)11(4)18-15(23)19-13-10(3)20-21(7-2)12(13)5/h9,11H,6-8H2,1-5H3,(H2,18,19,23)/t11-/m0/s1. The smallest absolute Gasteiger partial charge is 0.319 e. The first-order valence-corrected chi connectivity index (χ1v) is 7.97. The molecule has 2 heterocycles. The summed E-state index contributed by atoms with van der Waals surface area (Å²) in [5.74, 6) is 0.750. The zero-order chi connectivity index (χ0) is 17.0. The van der Waals surface area contributed by atoms with E-state index in [-0.39, 0.29) is 12.1 Å². The molecule has 8 heteroatoms. The maximum Gasteiger partial charge on any atom is 0.319 e. The number of hydrogen-bond donors (Lipinski definition) is 2. The predicted octanol–water partition coefficient (Wildman–Crippen LogP) is 2.40. The van der Waals surface area contributed by atoms with Crippen LogP contribution in [-0.2, 0) is 13.1 Å². The molecule has 23 heavy (non-hydrogen) atoms. The van der Waals surface area contributed by atoms with Crippen LogP contribution in [0.4, 0.5) is 10.5 Å². The predicted molar refractivity (Wildman–Crippen MR) is 88.3 cm³/mol. The molecule has 0 aliphatic carbocycles. The number of amides is 2. The van der Waals surface area contributed by atoms with Crippen LogP contribution < -0.4 is 10.6 Å². The number of hydrogen-bond acceptors (Lipinski definition) is 4. The number of rotatable bonds is 6. The Morgan fingerprint density at radius 1 is 1.30 bits per heavy atom. The van der Waals surface area contributed by atoms with Crippen LogP contribution >= 0.6 is 0 Å². The molecule has 0 saturated carbocycles. The lowest BCUT2D eigenvalue weighted by molar-refractivity contribution is 0.248. The average molecular weight is 319 g/mol. The van der Waals surface area contributed by atoms with E-state index in [0.717, 1.165) is 42.4 Å². The van der Waals surface area contributed by atoms with Crippen LogP contribution in [-0.4, -0.2) is 30.6 Å². The van der Waals surface area contributed by atoms with Gasteiger partial charge in [0.15, 0.2) is 0 Å². The summed E-state index contributed by atoms with van der Waals surface area (Å²) in [7, 11) is 0. The van der Waals surface area contributed by atoms with Crippen molar-refractivity contribution in [3.8, 4) is 0 Å². The molecule has 0 aliphatic heterocycles. The van der Waals surface area contributed by atoms with Crippen LogP contribution in [0.25, 0.3) is 0 Å². The first-order chi connectivity index (χ1) is 11.0. The number of aryl methyl sites for hydroxylation is 3. The van der Waals surface area contributed by atoms with Crippen molar-refractivity contribution in [2.45, 2.75) is 60.2 Å². The summed E-state index contributed by atoms with van der Waals surface area (Å²) in [6.07, 6.45) is 2.48. The van der Waals surface area contributed by atoms with Crippen LogP contribution in [0, 0.1) is 13.8 Å². The Morgan fingerprint density at radius 3 is 2.65 bits per heavy atom. The van der Waals surface area contributed by atoms with Crippen LogP contribution in [0.15, 0.2) is 6.33 Å². The van der Waals surface area contributed by atoms with E-state index in [2.05, 4.69) is 32.7 Å². The fourth-order valence-electron chi connectivity index (χ4n) is 2.59. The van der Waals surface area contributed by atoms with Gasteiger partial charge in [0.25, 0.3) is 0 Å². The summed E-state index contributed by atoms with van der Waals surface area (Å²) in [6, 6.07) is -0.503. The van der Waals surface area contributed by atoms with Gasteiger partial charge in [0, 0.05) is 13.1 Å². The van der Waals surface area contributed by atoms with E-state index in [1.807, 2.05) is 37.1 Å². The second-order valence-corrected chi connectivity index (χ2v) is 5.52. The number of anilines is 1. The molecule has 2 rings (SSSR count). The minimum Gasteiger partial charge on any atom is -0.328 e. The molecule has 0 aromatic carbocycles. The van der Waals surface area contributed by atoms with Crippen molar-refractivity contribution in [2.24, 2.45) is 0 Å². The van der Waals surface area contributed by atoms with E-state index >= 15 is 0 Å². The topological polar surface area (TPSA) is 89.7 Å². The van der Waals surface area contributed by atoms with Crippen LogP contribution in [0.5, 0.6) is 0 Å². The van der Waals surface area contributed by atoms with Gasteiger partial charge in [-0.25, -0.2) is 14.5 Å². The Hall–Kier alpha value is -2.38. The van der Waals surface area contributed by atoms with Crippen molar-refractivity contribution < 1.29 is 4.79 Å². The first-order valence-electron chi connectivity index (χ1n) is 7.97. The van der Waals surface area contributed by atoms with Gasteiger partial charge in [-0.1, -0.05) is 6.92 Å². The average Bonchev–Trinajstić information content (AvgIpc) is 3.07. The molecule has 2 aromatic rings. The van der Waals surface area contributed by atoms with Gasteiger partial charge in [-0.3, -0.25) is 4.68 Å². The van der Waals surface area contributed by atoms with Crippen molar-refractivity contribution in [3.63, 3.8) is 0 Å². The maximum atomic E-state index is 12.3. The summed E-state index contributed by atoms with van der Waals surface area (Å²) >= 11 is 0. The van der Waals surface area contributed by atoms with Gasteiger partial charge in [0.05, 0.1) is 23.1 Å². The van der Waals surface area contributed by atoms with E-state index in [1.54, 1.807) is 0 Å². The van der Waals surface area contributed by atoms with Crippen LogP contribution in [0.2, 0.25) is 0 Å². The summed E-state index contributed by atoms with van der Waals surface area (Å²) in [6.45, 7) is 11.4. The zero-order valence-corrected chi connectivity index (χ0v) is 14.4. The Bertz CT molecular complexity index is 673. The highest BCUT2D eigenvalue weighted by Gasteiger charge is 2.18. The normalized spacial score (nSPS) is 12.2. The Balaban J connectivity index is 2.05. The van der Waals surface area contributed by atoms with Gasteiger partial charge >= 0.3 is 6.03 Å². The second-order valence-electron chi connectivity index (χ2n) is 5.52. The lowest BCUT2D eigenvalue weighted by atomic mass is 10.3. The zero-order valence-electron chi connectivity index (χ0n) is 14.4. The summed E-state index contributed by atoms with van der Waals surface area (Å²) < 4.78 is 3.68. The van der Waals surface area contributed by atoms with Crippen molar-refractivity contribution in [2.75, 3.05) is 5.32 Å². The van der Waals surface area contributed by atoms with E-state index < -0.39 is 0 Å². The second kappa shape index (κ2) is 7.26. The Morgan fingerprint density at radius 2 is 2.04 bits per heavy atom. The Labute approximate surface area is 136 Å². The SMILES string of the molecule is CCCn1ncnc1[C@H](C)NC(=O)Nc1c(C)nn(CC)c1C. The van der Waals surface area contributed by atoms with Crippen molar-refractivity contribution >= 4 is 11.7 Å². The van der Waals surface area contributed by atoms with E-state index in [0.29, 0.717) is 0 Å². The van der Waals surface area contributed by atoms with Gasteiger partial charge in [-0.15, -0.1) is 0 Å². The number of carbonyl (C=O) groups is 1. The number of carbonyl (C=O) groups excluding carboxylic acids is 1. The molecule has 2 N–H and O–H groups in total. The largest absolute Gasteiger partial charge is 0.328 e. The van der Waals surface area contributed by atoms with Gasteiger partial charge in [0.2, 0.25) is 0 Å². The van der Waals surface area contributed by atoms with Crippen molar-refractivity contribution in [1.29, 1.82) is 0 Å². The Kier molecular flexibility index (Phi) is 5.36. The van der Waals surface area contributed by atoms with Crippen molar-refractivity contribution in [1.82, 2.24) is 29.9 Å². The van der Waals surface area contributed by atoms with E-state index in [4.69, 9.17) is 0 Å². The summed E-state index contributed by atoms with van der Waals surface area (Å²) in [4.78, 5) is 16.5. The van der Waals surface area contributed by atoms with Gasteiger partial charge in [0.1, 0.15) is 12.2 Å². The third kappa shape index (κ3) is 3.69. The van der Waals surface area contributed by atoms with Crippen molar-refractivity contribution in [3.05, 3.63) is 23.5 Å². The first kappa shape index (κ1) is 17.0. The van der Waals surface area contributed by atoms with Gasteiger partial charge < -0.3 is 10.6 Å². The number of urea groups is 1. The lowest BCUT2D eigenvalue weighted by Crippen LogP contribution is -2.33. The van der Waals surface area contributed by atoms with E-state index in [9.17, 15) is 4.79 Å². The maximum absolute atomic E-state index is 12.3. The van der Waals surface area contributed by atoms with E-state index in [1.165, 1.54) is 6.33 Å². The number of nitrogens with zero attached hydrogens (tertiary/aromatic N) is 5. The molecule has 126 valence electrons. The lowest BCUT2D eigenvalue weighted by Gasteiger charge is -2.15. The van der Waals surface area contributed by atoms with Gasteiger partial charge in [-0.2, -0.15) is 10.2 Å². The molecule has 0 spiro atoms. The van der Waals surface area contributed by atoms with Gasteiger partial charge in [-0.05, 0) is 34.1 Å².